The molecule has 1 rings (SSSR count). The summed E-state index contributed by atoms with van der Waals surface area (Å²) in [5, 5.41) is 2.88. The Labute approximate surface area is 129 Å². The molecular formula is C15H22N2O3S. The maximum Gasteiger partial charge on any atom is 0.230 e. The van der Waals surface area contributed by atoms with Crippen LogP contribution in [0.4, 0.5) is 0 Å². The molecule has 1 aromatic carbocycles. The number of hydrogen-bond donors (Lipinski definition) is 2. The van der Waals surface area contributed by atoms with E-state index in [0.717, 1.165) is 11.3 Å². The van der Waals surface area contributed by atoms with Gasteiger partial charge in [0.2, 0.25) is 11.8 Å². The number of ether oxygens (including phenoxy) is 1. The van der Waals surface area contributed by atoms with Crippen LogP contribution in [0.1, 0.15) is 32.4 Å². The summed E-state index contributed by atoms with van der Waals surface area (Å²) in [6.07, 6.45) is 0.107. The van der Waals surface area contributed by atoms with Crippen molar-refractivity contribution >= 4 is 23.6 Å². The second-order valence-corrected chi connectivity index (χ2v) is 5.97. The average Bonchev–Trinajstić information content (AvgIpc) is 2.37. The van der Waals surface area contributed by atoms with Gasteiger partial charge in [-0.15, -0.1) is 11.8 Å². The standard InChI is InChI=1S/C15H22N2O3S/c1-10(2)20-13-6-4-5-12(7-13)11(3)17-15(19)9-21-8-14(16)18/h4-7,10-11H,8-9H2,1-3H3,(H2,16,18)(H,17,19). The van der Waals surface area contributed by atoms with Gasteiger partial charge < -0.3 is 15.8 Å². The van der Waals surface area contributed by atoms with E-state index in [9.17, 15) is 9.59 Å². The van der Waals surface area contributed by atoms with E-state index in [1.165, 1.54) is 11.8 Å². The molecule has 5 nitrogen and oxygen atoms in total. The van der Waals surface area contributed by atoms with Crippen molar-refractivity contribution in [3.63, 3.8) is 0 Å². The molecular weight excluding hydrogens is 288 g/mol. The molecule has 0 aliphatic carbocycles. The number of amides is 2. The number of nitrogens with one attached hydrogen (secondary N) is 1. The third-order valence-electron chi connectivity index (χ3n) is 2.58. The Kier molecular flexibility index (Phi) is 7.08. The van der Waals surface area contributed by atoms with Crippen LogP contribution in [-0.4, -0.2) is 29.4 Å². The maximum atomic E-state index is 11.8. The summed E-state index contributed by atoms with van der Waals surface area (Å²) >= 11 is 1.21. The average molecular weight is 310 g/mol. The van der Waals surface area contributed by atoms with Crippen molar-refractivity contribution in [2.45, 2.75) is 32.9 Å². The van der Waals surface area contributed by atoms with Gasteiger partial charge in [-0.05, 0) is 38.5 Å². The molecule has 0 radical (unpaired) electrons. The number of nitrogens with two attached hydrogens (primary N) is 1. The van der Waals surface area contributed by atoms with Crippen LogP contribution >= 0.6 is 11.8 Å². The number of rotatable bonds is 8. The summed E-state index contributed by atoms with van der Waals surface area (Å²) in [5.74, 6) is 0.615. The van der Waals surface area contributed by atoms with Crippen LogP contribution in [0, 0.1) is 0 Å². The Morgan fingerprint density at radius 3 is 2.62 bits per heavy atom. The smallest absolute Gasteiger partial charge is 0.230 e. The molecule has 6 heteroatoms. The molecule has 0 fully saturated rings. The summed E-state index contributed by atoms with van der Waals surface area (Å²) in [4.78, 5) is 22.4. The zero-order valence-corrected chi connectivity index (χ0v) is 13.4. The van der Waals surface area contributed by atoms with Crippen LogP contribution in [0.25, 0.3) is 0 Å². The van der Waals surface area contributed by atoms with Gasteiger partial charge in [-0.1, -0.05) is 12.1 Å². The Bertz CT molecular complexity index is 492. The van der Waals surface area contributed by atoms with Gasteiger partial charge >= 0.3 is 0 Å². The molecule has 0 saturated carbocycles. The van der Waals surface area contributed by atoms with Crippen molar-refractivity contribution in [3.8, 4) is 5.75 Å². The van der Waals surface area contributed by atoms with Crippen LogP contribution < -0.4 is 15.8 Å². The largest absolute Gasteiger partial charge is 0.491 e. The van der Waals surface area contributed by atoms with E-state index >= 15 is 0 Å². The van der Waals surface area contributed by atoms with Crippen molar-refractivity contribution in [3.05, 3.63) is 29.8 Å². The molecule has 0 spiro atoms. The van der Waals surface area contributed by atoms with Crippen LogP contribution in [-0.2, 0) is 9.59 Å². The lowest BCUT2D eigenvalue weighted by molar-refractivity contribution is -0.119. The summed E-state index contributed by atoms with van der Waals surface area (Å²) in [6.45, 7) is 5.84. The third kappa shape index (κ3) is 7.04. The minimum atomic E-state index is -0.417. The predicted molar refractivity (Wildman–Crippen MR) is 85.3 cm³/mol. The SMILES string of the molecule is CC(C)Oc1cccc(C(C)NC(=O)CSCC(N)=O)c1. The van der Waals surface area contributed by atoms with Gasteiger partial charge in [0, 0.05) is 0 Å². The second-order valence-electron chi connectivity index (χ2n) is 4.99. The van der Waals surface area contributed by atoms with Crippen molar-refractivity contribution in [2.75, 3.05) is 11.5 Å². The lowest BCUT2D eigenvalue weighted by Crippen LogP contribution is -2.29. The highest BCUT2D eigenvalue weighted by atomic mass is 32.2. The Morgan fingerprint density at radius 1 is 1.29 bits per heavy atom. The van der Waals surface area contributed by atoms with Crippen molar-refractivity contribution in [2.24, 2.45) is 5.73 Å². The van der Waals surface area contributed by atoms with E-state index in [1.54, 1.807) is 0 Å². The minimum absolute atomic E-state index is 0.107. The summed E-state index contributed by atoms with van der Waals surface area (Å²) in [6, 6.07) is 7.52. The molecule has 0 aliphatic rings. The lowest BCUT2D eigenvalue weighted by Gasteiger charge is -2.16. The van der Waals surface area contributed by atoms with Gasteiger partial charge in [0.05, 0.1) is 23.7 Å². The Morgan fingerprint density at radius 2 is 2.00 bits per heavy atom. The first-order chi connectivity index (χ1) is 9.88. The van der Waals surface area contributed by atoms with Crippen molar-refractivity contribution in [1.29, 1.82) is 0 Å². The van der Waals surface area contributed by atoms with E-state index in [4.69, 9.17) is 10.5 Å². The first-order valence-corrected chi connectivity index (χ1v) is 7.96. The minimum Gasteiger partial charge on any atom is -0.491 e. The van der Waals surface area contributed by atoms with E-state index in [0.29, 0.717) is 0 Å². The number of primary amides is 1. The maximum absolute atomic E-state index is 11.8. The molecule has 1 atom stereocenters. The molecule has 3 N–H and O–H groups in total. The van der Waals surface area contributed by atoms with Gasteiger partial charge in [0.25, 0.3) is 0 Å². The van der Waals surface area contributed by atoms with Gasteiger partial charge in [-0.3, -0.25) is 9.59 Å². The molecule has 0 saturated heterocycles. The number of benzene rings is 1. The summed E-state index contributed by atoms with van der Waals surface area (Å²) in [7, 11) is 0. The molecule has 1 aromatic rings. The van der Waals surface area contributed by atoms with E-state index in [1.807, 2.05) is 45.0 Å². The molecule has 0 aromatic heterocycles. The monoisotopic (exact) mass is 310 g/mol. The number of hydrogen-bond acceptors (Lipinski definition) is 4. The van der Waals surface area contributed by atoms with Crippen molar-refractivity contribution in [1.82, 2.24) is 5.32 Å². The fourth-order valence-corrected chi connectivity index (χ4v) is 2.31. The Balaban J connectivity index is 2.52. The Hall–Kier alpha value is -1.69. The van der Waals surface area contributed by atoms with Crippen LogP contribution in [0.5, 0.6) is 5.75 Å². The van der Waals surface area contributed by atoms with E-state index in [-0.39, 0.29) is 29.6 Å². The molecule has 0 heterocycles. The van der Waals surface area contributed by atoms with Crippen LogP contribution in [0.3, 0.4) is 0 Å². The van der Waals surface area contributed by atoms with Gasteiger partial charge in [-0.25, -0.2) is 0 Å². The zero-order chi connectivity index (χ0) is 15.8. The summed E-state index contributed by atoms with van der Waals surface area (Å²) in [5.41, 5.74) is 6.00. The molecule has 2 amide bonds. The highest BCUT2D eigenvalue weighted by Crippen LogP contribution is 2.20. The number of thioether (sulfide) groups is 1. The third-order valence-corrected chi connectivity index (χ3v) is 3.54. The molecule has 1 unspecified atom stereocenters. The number of carbonyl (C=O) groups is 2. The lowest BCUT2D eigenvalue weighted by atomic mass is 10.1. The second kappa shape index (κ2) is 8.56. The highest BCUT2D eigenvalue weighted by molar-refractivity contribution is 8.00. The predicted octanol–water partition coefficient (Wildman–Crippen LogP) is 1.87. The van der Waals surface area contributed by atoms with Crippen molar-refractivity contribution < 1.29 is 14.3 Å². The zero-order valence-electron chi connectivity index (χ0n) is 12.6. The fraction of sp³-hybridized carbons (Fsp3) is 0.467. The van der Waals surface area contributed by atoms with Gasteiger partial charge in [0.15, 0.2) is 0 Å². The van der Waals surface area contributed by atoms with Gasteiger partial charge in [-0.2, -0.15) is 0 Å². The van der Waals surface area contributed by atoms with E-state index < -0.39 is 5.91 Å². The molecule has 21 heavy (non-hydrogen) atoms. The normalized spacial score (nSPS) is 12.0. The quantitative estimate of drug-likeness (QED) is 0.768. The molecule has 0 aliphatic heterocycles. The van der Waals surface area contributed by atoms with Crippen LogP contribution in [0.2, 0.25) is 0 Å². The fourth-order valence-electron chi connectivity index (χ4n) is 1.74. The molecule has 116 valence electrons. The topological polar surface area (TPSA) is 81.4 Å². The first-order valence-electron chi connectivity index (χ1n) is 6.80. The van der Waals surface area contributed by atoms with E-state index in [2.05, 4.69) is 5.32 Å². The number of carbonyl (C=O) groups excluding carboxylic acids is 2. The molecule has 0 bridgehead atoms. The highest BCUT2D eigenvalue weighted by Gasteiger charge is 2.11. The van der Waals surface area contributed by atoms with Crippen LogP contribution in [0.15, 0.2) is 24.3 Å². The summed E-state index contributed by atoms with van der Waals surface area (Å²) < 4.78 is 5.63. The van der Waals surface area contributed by atoms with Gasteiger partial charge in [0.1, 0.15) is 5.75 Å². The first kappa shape index (κ1) is 17.4.